The van der Waals surface area contributed by atoms with E-state index in [1.807, 2.05) is 38.1 Å². The van der Waals surface area contributed by atoms with Gasteiger partial charge in [-0.3, -0.25) is 9.36 Å². The monoisotopic (exact) mass is 417 g/mol. The number of nitrogens with zero attached hydrogens (tertiary/aromatic N) is 3. The van der Waals surface area contributed by atoms with E-state index < -0.39 is 5.97 Å². The molecule has 1 atom stereocenters. The quantitative estimate of drug-likeness (QED) is 0.481. The number of amides is 1. The molecule has 0 saturated heterocycles. The number of hydrogen-bond acceptors (Lipinski definition) is 6. The highest BCUT2D eigenvalue weighted by Gasteiger charge is 2.25. The van der Waals surface area contributed by atoms with Gasteiger partial charge in [0, 0.05) is 11.7 Å². The molecule has 8 heteroatoms. The van der Waals surface area contributed by atoms with Crippen molar-refractivity contribution in [2.45, 2.75) is 26.3 Å². The number of ether oxygens (including phenoxy) is 1. The summed E-state index contributed by atoms with van der Waals surface area (Å²) in [6.45, 7) is 3.92. The largest absolute Gasteiger partial charge is 0.465 e. The zero-order valence-corrected chi connectivity index (χ0v) is 17.5. The number of nitrogen functional groups attached to an aromatic ring is 1. The third-order valence-corrected chi connectivity index (χ3v) is 5.26. The van der Waals surface area contributed by atoms with Crippen LogP contribution < -0.4 is 11.1 Å². The van der Waals surface area contributed by atoms with E-state index in [1.165, 1.54) is 7.11 Å². The first kappa shape index (κ1) is 20.3. The Morgan fingerprint density at radius 1 is 1.10 bits per heavy atom. The fraction of sp³-hybridized carbons (Fsp3) is 0.217. The number of hydrogen-bond donors (Lipinski definition) is 2. The van der Waals surface area contributed by atoms with Gasteiger partial charge in [0.15, 0.2) is 5.65 Å². The van der Waals surface area contributed by atoms with Crippen molar-refractivity contribution in [1.82, 2.24) is 19.9 Å². The van der Waals surface area contributed by atoms with E-state index in [4.69, 9.17) is 20.4 Å². The molecule has 0 radical (unpaired) electrons. The zero-order valence-electron chi connectivity index (χ0n) is 17.5. The highest BCUT2D eigenvalue weighted by atomic mass is 16.5. The molecule has 1 amide bonds. The van der Waals surface area contributed by atoms with Crippen molar-refractivity contribution in [1.29, 1.82) is 0 Å². The normalized spacial score (nSPS) is 12.1. The minimum absolute atomic E-state index is 0.0157. The van der Waals surface area contributed by atoms with Crippen LogP contribution in [-0.2, 0) is 4.74 Å². The van der Waals surface area contributed by atoms with Crippen molar-refractivity contribution in [2.24, 2.45) is 0 Å². The van der Waals surface area contributed by atoms with Gasteiger partial charge in [0.1, 0.15) is 16.9 Å². The summed E-state index contributed by atoms with van der Waals surface area (Å²) in [7, 11) is 1.33. The lowest BCUT2D eigenvalue weighted by molar-refractivity contribution is 0.0600. The third kappa shape index (κ3) is 3.56. The summed E-state index contributed by atoms with van der Waals surface area (Å²) in [5.41, 5.74) is 10.1. The van der Waals surface area contributed by atoms with Crippen molar-refractivity contribution in [3.63, 3.8) is 0 Å². The Balaban J connectivity index is 1.96. The molecule has 0 aliphatic heterocycles. The first-order valence-corrected chi connectivity index (χ1v) is 10.0. The maximum Gasteiger partial charge on any atom is 0.337 e. The molecule has 2 aromatic carbocycles. The highest BCUT2D eigenvalue weighted by molar-refractivity contribution is 6.11. The second-order valence-corrected chi connectivity index (χ2v) is 7.30. The zero-order chi connectivity index (χ0) is 22.1. The summed E-state index contributed by atoms with van der Waals surface area (Å²) in [5, 5.41) is 2.96. The van der Waals surface area contributed by atoms with Gasteiger partial charge in [0.2, 0.25) is 0 Å². The number of methoxy groups -OCH3 is 1. The number of anilines is 1. The minimum atomic E-state index is -0.434. The van der Waals surface area contributed by atoms with Crippen molar-refractivity contribution in [3.05, 3.63) is 59.7 Å². The van der Waals surface area contributed by atoms with Gasteiger partial charge in [-0.05, 0) is 49.7 Å². The van der Waals surface area contributed by atoms with Gasteiger partial charge in [-0.15, -0.1) is 0 Å². The molecule has 0 spiro atoms. The summed E-state index contributed by atoms with van der Waals surface area (Å²) in [6.07, 6.45) is 0.786. The van der Waals surface area contributed by atoms with E-state index in [1.54, 1.807) is 28.8 Å². The van der Waals surface area contributed by atoms with Gasteiger partial charge < -0.3 is 15.8 Å². The minimum Gasteiger partial charge on any atom is -0.465 e. The van der Waals surface area contributed by atoms with Gasteiger partial charge in [0.05, 0.1) is 23.7 Å². The van der Waals surface area contributed by atoms with Crippen LogP contribution in [0.15, 0.2) is 48.5 Å². The molecule has 31 heavy (non-hydrogen) atoms. The first-order chi connectivity index (χ1) is 14.9. The van der Waals surface area contributed by atoms with Crippen molar-refractivity contribution < 1.29 is 14.3 Å². The second kappa shape index (κ2) is 8.06. The number of rotatable bonds is 5. The van der Waals surface area contributed by atoms with Crippen LogP contribution in [-0.4, -0.2) is 39.6 Å². The molecule has 0 saturated carbocycles. The van der Waals surface area contributed by atoms with Gasteiger partial charge in [-0.1, -0.05) is 19.1 Å². The molecule has 158 valence electrons. The fourth-order valence-corrected chi connectivity index (χ4v) is 3.41. The predicted octanol–water partition coefficient (Wildman–Crippen LogP) is 3.47. The Labute approximate surface area is 179 Å². The van der Waals surface area contributed by atoms with Crippen molar-refractivity contribution >= 4 is 39.9 Å². The van der Waals surface area contributed by atoms with Crippen LogP contribution in [0.25, 0.3) is 27.9 Å². The number of benzene rings is 2. The van der Waals surface area contributed by atoms with Crippen molar-refractivity contribution in [2.75, 3.05) is 12.8 Å². The smallest absolute Gasteiger partial charge is 0.337 e. The Kier molecular flexibility index (Phi) is 5.29. The average molecular weight is 417 g/mol. The molecule has 0 aliphatic rings. The molecule has 4 aromatic rings. The van der Waals surface area contributed by atoms with E-state index in [2.05, 4.69) is 5.32 Å². The molecule has 2 heterocycles. The van der Waals surface area contributed by atoms with Crippen LogP contribution in [0.5, 0.6) is 0 Å². The number of aromatic nitrogens is 3. The number of nitrogens with one attached hydrogen (secondary N) is 1. The van der Waals surface area contributed by atoms with Crippen LogP contribution >= 0.6 is 0 Å². The number of carbonyl (C=O) groups excluding carboxylic acids is 2. The van der Waals surface area contributed by atoms with E-state index in [-0.39, 0.29) is 23.3 Å². The predicted molar refractivity (Wildman–Crippen MR) is 119 cm³/mol. The lowest BCUT2D eigenvalue weighted by Crippen LogP contribution is -2.32. The second-order valence-electron chi connectivity index (χ2n) is 7.30. The number of para-hydroxylation sites is 2. The Morgan fingerprint density at radius 3 is 2.35 bits per heavy atom. The summed E-state index contributed by atoms with van der Waals surface area (Å²) in [6, 6.07) is 14.2. The lowest BCUT2D eigenvalue weighted by atomic mass is 10.2. The van der Waals surface area contributed by atoms with Crippen LogP contribution in [0.3, 0.4) is 0 Å². The summed E-state index contributed by atoms with van der Waals surface area (Å²) in [5.74, 6) is -0.500. The fourth-order valence-electron chi connectivity index (χ4n) is 3.41. The molecule has 4 rings (SSSR count). The number of esters is 1. The third-order valence-electron chi connectivity index (χ3n) is 5.26. The SMILES string of the molecule is CCC(C)NC(=O)c1c(N)n(-c2ccc(C(=O)OC)cc2)c2nc3ccccc3nc12. The standard InChI is InChI=1S/C23H23N5O3/c1-4-13(2)25-22(29)18-19-21(27-17-8-6-5-7-16(17)26-19)28(20(18)24)15-11-9-14(10-12-15)23(30)31-3/h5-13H,4,24H2,1-3H3,(H,25,29). The number of nitrogens with two attached hydrogens (primary N) is 1. The Hall–Kier alpha value is -3.94. The maximum absolute atomic E-state index is 13.1. The van der Waals surface area contributed by atoms with Gasteiger partial charge in [0.25, 0.3) is 5.91 Å². The van der Waals surface area contributed by atoms with Gasteiger partial charge in [-0.25, -0.2) is 14.8 Å². The molecule has 0 fully saturated rings. The first-order valence-electron chi connectivity index (χ1n) is 10.0. The molecule has 3 N–H and O–H groups in total. The summed E-state index contributed by atoms with van der Waals surface area (Å²) >= 11 is 0. The van der Waals surface area contributed by atoms with E-state index in [0.717, 1.165) is 6.42 Å². The van der Waals surface area contributed by atoms with Crippen LogP contribution in [0.1, 0.15) is 41.0 Å². The van der Waals surface area contributed by atoms with Crippen LogP contribution in [0.4, 0.5) is 5.82 Å². The van der Waals surface area contributed by atoms with E-state index in [9.17, 15) is 9.59 Å². The summed E-state index contributed by atoms with van der Waals surface area (Å²) in [4.78, 5) is 34.3. The molecule has 8 nitrogen and oxygen atoms in total. The summed E-state index contributed by atoms with van der Waals surface area (Å²) < 4.78 is 6.44. The van der Waals surface area contributed by atoms with Crippen LogP contribution in [0.2, 0.25) is 0 Å². The number of carbonyl (C=O) groups is 2. The molecule has 2 aromatic heterocycles. The average Bonchev–Trinajstić information content (AvgIpc) is 3.07. The maximum atomic E-state index is 13.1. The van der Waals surface area contributed by atoms with Gasteiger partial charge in [-0.2, -0.15) is 0 Å². The topological polar surface area (TPSA) is 112 Å². The lowest BCUT2D eigenvalue weighted by Gasteiger charge is -2.12. The highest BCUT2D eigenvalue weighted by Crippen LogP contribution is 2.31. The molecular formula is C23H23N5O3. The van der Waals surface area contributed by atoms with Crippen molar-refractivity contribution in [3.8, 4) is 5.69 Å². The Bertz CT molecular complexity index is 1290. The molecule has 0 bridgehead atoms. The van der Waals surface area contributed by atoms with E-state index in [0.29, 0.717) is 33.4 Å². The van der Waals surface area contributed by atoms with Gasteiger partial charge >= 0.3 is 5.97 Å². The number of fused-ring (bicyclic) bond motifs is 2. The van der Waals surface area contributed by atoms with E-state index >= 15 is 0 Å². The molecule has 1 unspecified atom stereocenters. The van der Waals surface area contributed by atoms with Crippen LogP contribution in [0, 0.1) is 0 Å². The Morgan fingerprint density at radius 2 is 1.74 bits per heavy atom. The molecular weight excluding hydrogens is 394 g/mol. The molecule has 0 aliphatic carbocycles.